The molecule has 0 bridgehead atoms. The van der Waals surface area contributed by atoms with Gasteiger partial charge < -0.3 is 10.1 Å². The number of hydrogen-bond acceptors (Lipinski definition) is 2. The Morgan fingerprint density at radius 1 is 1.50 bits per heavy atom. The summed E-state index contributed by atoms with van der Waals surface area (Å²) in [6.07, 6.45) is 4.13. The van der Waals surface area contributed by atoms with Crippen LogP contribution in [0.1, 0.15) is 26.2 Å². The summed E-state index contributed by atoms with van der Waals surface area (Å²) in [5.74, 6) is 1.70. The van der Waals surface area contributed by atoms with Crippen molar-refractivity contribution >= 4 is 0 Å². The zero-order valence-electron chi connectivity index (χ0n) is 8.31. The van der Waals surface area contributed by atoms with Gasteiger partial charge in [0.15, 0.2) is 0 Å². The van der Waals surface area contributed by atoms with E-state index in [2.05, 4.69) is 12.2 Å². The lowest BCUT2D eigenvalue weighted by molar-refractivity contribution is 0.155. The number of methoxy groups -OCH3 is 1. The summed E-state index contributed by atoms with van der Waals surface area (Å²) in [5.41, 5.74) is 0. The normalized spacial score (nSPS) is 19.5. The van der Waals surface area contributed by atoms with E-state index in [-0.39, 0.29) is 0 Å². The van der Waals surface area contributed by atoms with Crippen molar-refractivity contribution in [3.05, 3.63) is 0 Å². The second-order valence-electron chi connectivity index (χ2n) is 4.00. The van der Waals surface area contributed by atoms with E-state index >= 15 is 0 Å². The van der Waals surface area contributed by atoms with Crippen LogP contribution in [0.3, 0.4) is 0 Å². The maximum Gasteiger partial charge on any atom is 0.0488 e. The molecule has 2 nitrogen and oxygen atoms in total. The second kappa shape index (κ2) is 5.55. The molecule has 0 aromatic heterocycles. The van der Waals surface area contributed by atoms with Gasteiger partial charge in [-0.3, -0.25) is 0 Å². The van der Waals surface area contributed by atoms with E-state index in [1.54, 1.807) is 7.11 Å². The van der Waals surface area contributed by atoms with E-state index in [0.29, 0.717) is 5.92 Å². The van der Waals surface area contributed by atoms with Crippen molar-refractivity contribution in [2.45, 2.75) is 26.2 Å². The highest BCUT2D eigenvalue weighted by atomic mass is 16.5. The van der Waals surface area contributed by atoms with Gasteiger partial charge in [-0.05, 0) is 44.2 Å². The third-order valence-corrected chi connectivity index (χ3v) is 2.40. The molecule has 1 fully saturated rings. The molecule has 0 spiro atoms. The highest BCUT2D eigenvalue weighted by molar-refractivity contribution is 4.75. The largest absolute Gasteiger partial charge is 0.384 e. The Balaban J connectivity index is 1.80. The van der Waals surface area contributed by atoms with Crippen molar-refractivity contribution in [3.8, 4) is 0 Å². The Bertz CT molecular complexity index is 112. The van der Waals surface area contributed by atoms with Crippen LogP contribution in [0.25, 0.3) is 0 Å². The van der Waals surface area contributed by atoms with E-state index < -0.39 is 0 Å². The van der Waals surface area contributed by atoms with Gasteiger partial charge in [-0.1, -0.05) is 6.92 Å². The molecule has 1 rings (SSSR count). The molecule has 2 heteroatoms. The fourth-order valence-corrected chi connectivity index (χ4v) is 1.34. The van der Waals surface area contributed by atoms with Gasteiger partial charge in [-0.15, -0.1) is 0 Å². The first kappa shape index (κ1) is 10.0. The highest BCUT2D eigenvalue weighted by Gasteiger charge is 2.19. The Morgan fingerprint density at radius 2 is 2.25 bits per heavy atom. The third-order valence-electron chi connectivity index (χ3n) is 2.40. The van der Waals surface area contributed by atoms with Crippen LogP contribution in [-0.4, -0.2) is 26.8 Å². The molecule has 0 aromatic carbocycles. The van der Waals surface area contributed by atoms with Gasteiger partial charge in [0.2, 0.25) is 0 Å². The molecule has 1 atom stereocenters. The van der Waals surface area contributed by atoms with Gasteiger partial charge in [-0.2, -0.15) is 0 Å². The molecule has 0 radical (unpaired) electrons. The van der Waals surface area contributed by atoms with Crippen LogP contribution in [-0.2, 0) is 4.74 Å². The molecule has 0 saturated heterocycles. The predicted molar refractivity (Wildman–Crippen MR) is 51.3 cm³/mol. The topological polar surface area (TPSA) is 21.3 Å². The third kappa shape index (κ3) is 4.73. The Hall–Kier alpha value is -0.0800. The summed E-state index contributed by atoms with van der Waals surface area (Å²) < 4.78 is 5.07. The molecule has 1 saturated carbocycles. The monoisotopic (exact) mass is 171 g/mol. The van der Waals surface area contributed by atoms with Crippen molar-refractivity contribution in [3.63, 3.8) is 0 Å². The van der Waals surface area contributed by atoms with Crippen LogP contribution >= 0.6 is 0 Å². The van der Waals surface area contributed by atoms with Crippen molar-refractivity contribution in [2.24, 2.45) is 11.8 Å². The van der Waals surface area contributed by atoms with E-state index in [4.69, 9.17) is 4.74 Å². The fraction of sp³-hybridized carbons (Fsp3) is 1.00. The SMILES string of the molecule is COCC(C)CCNCC1CC1. The molecule has 0 aliphatic heterocycles. The van der Waals surface area contributed by atoms with E-state index in [0.717, 1.165) is 19.1 Å². The summed E-state index contributed by atoms with van der Waals surface area (Å²) in [7, 11) is 1.77. The van der Waals surface area contributed by atoms with Gasteiger partial charge in [0.25, 0.3) is 0 Å². The standard InChI is InChI=1S/C10H21NO/c1-9(8-12-2)5-6-11-7-10-3-4-10/h9-11H,3-8H2,1-2H3. The molecule has 0 amide bonds. The van der Waals surface area contributed by atoms with Crippen LogP contribution in [0.5, 0.6) is 0 Å². The van der Waals surface area contributed by atoms with E-state index in [1.807, 2.05) is 0 Å². The number of ether oxygens (including phenoxy) is 1. The lowest BCUT2D eigenvalue weighted by Crippen LogP contribution is -2.21. The Morgan fingerprint density at radius 3 is 2.83 bits per heavy atom. The molecular weight excluding hydrogens is 150 g/mol. The molecule has 1 aliphatic carbocycles. The van der Waals surface area contributed by atoms with Gasteiger partial charge in [-0.25, -0.2) is 0 Å². The zero-order chi connectivity index (χ0) is 8.81. The molecule has 72 valence electrons. The van der Waals surface area contributed by atoms with E-state index in [1.165, 1.54) is 25.8 Å². The van der Waals surface area contributed by atoms with Gasteiger partial charge in [0, 0.05) is 13.7 Å². The first-order valence-electron chi connectivity index (χ1n) is 5.02. The number of rotatable bonds is 7. The average Bonchev–Trinajstić information content (AvgIpc) is 2.82. The molecule has 12 heavy (non-hydrogen) atoms. The Labute approximate surface area is 75.7 Å². The van der Waals surface area contributed by atoms with Crippen LogP contribution in [0.2, 0.25) is 0 Å². The minimum absolute atomic E-state index is 0.696. The minimum atomic E-state index is 0.696. The van der Waals surface area contributed by atoms with Crippen LogP contribution in [0, 0.1) is 11.8 Å². The Kier molecular flexibility index (Phi) is 4.62. The second-order valence-corrected chi connectivity index (χ2v) is 4.00. The highest BCUT2D eigenvalue weighted by Crippen LogP contribution is 2.27. The molecular formula is C10H21NO. The van der Waals surface area contributed by atoms with Crippen LogP contribution in [0.15, 0.2) is 0 Å². The molecule has 1 unspecified atom stereocenters. The maximum atomic E-state index is 5.07. The molecule has 1 N–H and O–H groups in total. The summed E-state index contributed by atoms with van der Waals surface area (Å²) in [4.78, 5) is 0. The predicted octanol–water partition coefficient (Wildman–Crippen LogP) is 1.66. The van der Waals surface area contributed by atoms with Crippen molar-refractivity contribution in [1.82, 2.24) is 5.32 Å². The first-order chi connectivity index (χ1) is 5.83. The van der Waals surface area contributed by atoms with Gasteiger partial charge in [0.1, 0.15) is 0 Å². The van der Waals surface area contributed by atoms with Crippen molar-refractivity contribution < 1.29 is 4.74 Å². The van der Waals surface area contributed by atoms with Crippen LogP contribution < -0.4 is 5.32 Å². The quantitative estimate of drug-likeness (QED) is 0.588. The zero-order valence-corrected chi connectivity index (χ0v) is 8.31. The number of nitrogens with one attached hydrogen (secondary N) is 1. The van der Waals surface area contributed by atoms with Crippen molar-refractivity contribution in [2.75, 3.05) is 26.8 Å². The summed E-state index contributed by atoms with van der Waals surface area (Å²) >= 11 is 0. The smallest absolute Gasteiger partial charge is 0.0488 e. The molecule has 0 heterocycles. The minimum Gasteiger partial charge on any atom is -0.384 e. The van der Waals surface area contributed by atoms with Gasteiger partial charge >= 0.3 is 0 Å². The molecule has 1 aliphatic rings. The van der Waals surface area contributed by atoms with Crippen LogP contribution in [0.4, 0.5) is 0 Å². The molecule has 0 aromatic rings. The maximum absolute atomic E-state index is 5.07. The first-order valence-corrected chi connectivity index (χ1v) is 5.02. The number of hydrogen-bond donors (Lipinski definition) is 1. The summed E-state index contributed by atoms with van der Waals surface area (Å²) in [6, 6.07) is 0. The van der Waals surface area contributed by atoms with Gasteiger partial charge in [0.05, 0.1) is 0 Å². The summed E-state index contributed by atoms with van der Waals surface area (Å²) in [5, 5.41) is 3.48. The lowest BCUT2D eigenvalue weighted by atomic mass is 10.1. The summed E-state index contributed by atoms with van der Waals surface area (Å²) in [6.45, 7) is 5.52. The fourth-order valence-electron chi connectivity index (χ4n) is 1.34. The lowest BCUT2D eigenvalue weighted by Gasteiger charge is -2.10. The van der Waals surface area contributed by atoms with E-state index in [9.17, 15) is 0 Å². The average molecular weight is 171 g/mol. The van der Waals surface area contributed by atoms with Crippen molar-refractivity contribution in [1.29, 1.82) is 0 Å².